The summed E-state index contributed by atoms with van der Waals surface area (Å²) in [5.74, 6) is 0.456. The lowest BCUT2D eigenvalue weighted by atomic mass is 9.87. The van der Waals surface area contributed by atoms with Crippen molar-refractivity contribution in [1.82, 2.24) is 4.98 Å². The Balaban J connectivity index is 2.02. The van der Waals surface area contributed by atoms with Crippen LogP contribution in [0.25, 0.3) is 10.9 Å². The Morgan fingerprint density at radius 2 is 1.73 bits per heavy atom. The minimum absolute atomic E-state index is 0.456. The van der Waals surface area contributed by atoms with Gasteiger partial charge in [-0.3, -0.25) is 0 Å². The summed E-state index contributed by atoms with van der Waals surface area (Å²) in [6.45, 7) is 2.26. The predicted octanol–water partition coefficient (Wildman–Crippen LogP) is 5.17. The van der Waals surface area contributed by atoms with Gasteiger partial charge in [-0.25, -0.2) is 0 Å². The molecule has 0 aliphatic rings. The van der Waals surface area contributed by atoms with Gasteiger partial charge in [-0.1, -0.05) is 43.7 Å². The Kier molecular flexibility index (Phi) is 4.19. The van der Waals surface area contributed by atoms with Crippen LogP contribution in [0.3, 0.4) is 0 Å². The van der Waals surface area contributed by atoms with E-state index in [9.17, 15) is 0 Å². The molecule has 0 radical (unpaired) electrons. The first kappa shape index (κ1) is 14.7. The first-order valence-corrected chi connectivity index (χ1v) is 8.04. The van der Waals surface area contributed by atoms with Crippen LogP contribution < -0.4 is 4.90 Å². The number of nitrogens with one attached hydrogen (secondary N) is 1. The molecule has 22 heavy (non-hydrogen) atoms. The molecule has 1 atom stereocenters. The summed E-state index contributed by atoms with van der Waals surface area (Å²) < 4.78 is 0. The summed E-state index contributed by atoms with van der Waals surface area (Å²) in [6.07, 6.45) is 4.54. The van der Waals surface area contributed by atoms with Gasteiger partial charge in [-0.05, 0) is 35.7 Å². The van der Waals surface area contributed by atoms with Crippen molar-refractivity contribution in [3.8, 4) is 0 Å². The van der Waals surface area contributed by atoms with E-state index in [0.717, 1.165) is 0 Å². The van der Waals surface area contributed by atoms with E-state index in [4.69, 9.17) is 0 Å². The molecule has 2 heteroatoms. The number of para-hydroxylation sites is 1. The van der Waals surface area contributed by atoms with Crippen molar-refractivity contribution in [1.29, 1.82) is 0 Å². The summed E-state index contributed by atoms with van der Waals surface area (Å²) in [7, 11) is 4.16. The van der Waals surface area contributed by atoms with E-state index in [1.165, 1.54) is 40.6 Å². The lowest BCUT2D eigenvalue weighted by Gasteiger charge is -2.18. The van der Waals surface area contributed by atoms with Gasteiger partial charge < -0.3 is 9.88 Å². The predicted molar refractivity (Wildman–Crippen MR) is 95.8 cm³/mol. The monoisotopic (exact) mass is 292 g/mol. The molecule has 1 unspecified atom stereocenters. The highest BCUT2D eigenvalue weighted by Crippen LogP contribution is 2.34. The van der Waals surface area contributed by atoms with Crippen LogP contribution in [0.5, 0.6) is 0 Å². The fourth-order valence-corrected chi connectivity index (χ4v) is 3.18. The van der Waals surface area contributed by atoms with Crippen molar-refractivity contribution < 1.29 is 0 Å². The van der Waals surface area contributed by atoms with Gasteiger partial charge in [0.05, 0.1) is 0 Å². The zero-order chi connectivity index (χ0) is 15.5. The normalized spacial score (nSPS) is 12.5. The molecular formula is C20H24N2. The SMILES string of the molecule is CCCC(c1ccc(N(C)C)cc1)c1c[nH]c2ccccc12. The van der Waals surface area contributed by atoms with Crippen molar-refractivity contribution >= 4 is 16.6 Å². The fraction of sp³-hybridized carbons (Fsp3) is 0.300. The number of rotatable bonds is 5. The standard InChI is InChI=1S/C20H24N2/c1-4-7-17(15-10-12-16(13-11-15)22(2)3)19-14-21-20-9-6-5-8-18(19)20/h5-6,8-14,17,21H,4,7H2,1-3H3. The number of H-pyrrole nitrogens is 1. The number of aromatic amines is 1. The summed E-state index contributed by atoms with van der Waals surface area (Å²) >= 11 is 0. The van der Waals surface area contributed by atoms with Crippen LogP contribution in [0.15, 0.2) is 54.7 Å². The van der Waals surface area contributed by atoms with Crippen molar-refractivity contribution in [3.63, 3.8) is 0 Å². The topological polar surface area (TPSA) is 19.0 Å². The number of benzene rings is 2. The molecule has 0 aliphatic carbocycles. The maximum Gasteiger partial charge on any atom is 0.0457 e. The average Bonchev–Trinajstić information content (AvgIpc) is 2.96. The van der Waals surface area contributed by atoms with Gasteiger partial charge in [0.15, 0.2) is 0 Å². The van der Waals surface area contributed by atoms with Crippen molar-refractivity contribution in [2.45, 2.75) is 25.7 Å². The molecule has 2 aromatic carbocycles. The average molecular weight is 292 g/mol. The minimum atomic E-state index is 0.456. The molecular weight excluding hydrogens is 268 g/mol. The minimum Gasteiger partial charge on any atom is -0.378 e. The Labute approximate surface area is 132 Å². The van der Waals surface area contributed by atoms with Crippen molar-refractivity contribution in [2.75, 3.05) is 19.0 Å². The second-order valence-electron chi connectivity index (χ2n) is 6.12. The summed E-state index contributed by atoms with van der Waals surface area (Å²) in [4.78, 5) is 5.56. The van der Waals surface area contributed by atoms with Gasteiger partial charge in [0.25, 0.3) is 0 Å². The smallest absolute Gasteiger partial charge is 0.0457 e. The van der Waals surface area contributed by atoms with E-state index in [2.05, 4.69) is 85.6 Å². The molecule has 0 spiro atoms. The van der Waals surface area contributed by atoms with E-state index in [1.807, 2.05) is 0 Å². The highest BCUT2D eigenvalue weighted by atomic mass is 15.1. The van der Waals surface area contributed by atoms with Crippen LogP contribution in [0.1, 0.15) is 36.8 Å². The maximum atomic E-state index is 3.42. The number of fused-ring (bicyclic) bond motifs is 1. The lowest BCUT2D eigenvalue weighted by molar-refractivity contribution is 0.702. The van der Waals surface area contributed by atoms with Gasteiger partial charge in [-0.15, -0.1) is 0 Å². The van der Waals surface area contributed by atoms with Crippen LogP contribution in [-0.4, -0.2) is 19.1 Å². The van der Waals surface area contributed by atoms with E-state index in [-0.39, 0.29) is 0 Å². The summed E-state index contributed by atoms with van der Waals surface area (Å²) in [5, 5.41) is 1.35. The van der Waals surface area contributed by atoms with E-state index in [1.54, 1.807) is 0 Å². The Morgan fingerprint density at radius 1 is 1.00 bits per heavy atom. The maximum absolute atomic E-state index is 3.42. The summed E-state index contributed by atoms with van der Waals surface area (Å²) in [5.41, 5.74) is 5.29. The second-order valence-corrected chi connectivity index (χ2v) is 6.12. The van der Waals surface area contributed by atoms with Crippen molar-refractivity contribution in [2.24, 2.45) is 0 Å². The number of anilines is 1. The second kappa shape index (κ2) is 6.27. The van der Waals surface area contributed by atoms with Crippen LogP contribution >= 0.6 is 0 Å². The zero-order valence-corrected chi connectivity index (χ0v) is 13.6. The quantitative estimate of drug-likeness (QED) is 0.687. The van der Waals surface area contributed by atoms with Gasteiger partial charge in [-0.2, -0.15) is 0 Å². The first-order chi connectivity index (χ1) is 10.7. The third-order valence-electron chi connectivity index (χ3n) is 4.39. The highest BCUT2D eigenvalue weighted by molar-refractivity contribution is 5.84. The molecule has 1 aromatic heterocycles. The highest BCUT2D eigenvalue weighted by Gasteiger charge is 2.17. The van der Waals surface area contributed by atoms with Gasteiger partial charge >= 0.3 is 0 Å². The third-order valence-corrected chi connectivity index (χ3v) is 4.39. The van der Waals surface area contributed by atoms with E-state index >= 15 is 0 Å². The first-order valence-electron chi connectivity index (χ1n) is 8.04. The Bertz CT molecular complexity index is 738. The van der Waals surface area contributed by atoms with Crippen LogP contribution in [0, 0.1) is 0 Å². The zero-order valence-electron chi connectivity index (χ0n) is 13.6. The summed E-state index contributed by atoms with van der Waals surface area (Å²) in [6, 6.07) is 17.6. The Hall–Kier alpha value is -2.22. The Morgan fingerprint density at radius 3 is 2.41 bits per heavy atom. The van der Waals surface area contributed by atoms with Gasteiger partial charge in [0.2, 0.25) is 0 Å². The van der Waals surface area contributed by atoms with Crippen LogP contribution in [0.4, 0.5) is 5.69 Å². The lowest BCUT2D eigenvalue weighted by Crippen LogP contribution is -2.08. The molecule has 0 fully saturated rings. The molecule has 3 rings (SSSR count). The van der Waals surface area contributed by atoms with E-state index in [0.29, 0.717) is 5.92 Å². The number of hydrogen-bond acceptors (Lipinski definition) is 1. The molecule has 0 aliphatic heterocycles. The number of aromatic nitrogens is 1. The largest absolute Gasteiger partial charge is 0.378 e. The van der Waals surface area contributed by atoms with Crippen LogP contribution in [0.2, 0.25) is 0 Å². The molecule has 3 aromatic rings. The van der Waals surface area contributed by atoms with Crippen LogP contribution in [-0.2, 0) is 0 Å². The number of nitrogens with zero attached hydrogens (tertiary/aromatic N) is 1. The molecule has 0 saturated carbocycles. The molecule has 114 valence electrons. The molecule has 1 N–H and O–H groups in total. The fourth-order valence-electron chi connectivity index (χ4n) is 3.18. The number of hydrogen-bond donors (Lipinski definition) is 1. The molecule has 0 bridgehead atoms. The molecule has 0 amide bonds. The van der Waals surface area contributed by atoms with Gasteiger partial charge in [0.1, 0.15) is 0 Å². The van der Waals surface area contributed by atoms with Crippen molar-refractivity contribution in [3.05, 3.63) is 65.9 Å². The molecule has 0 saturated heterocycles. The molecule has 1 heterocycles. The molecule has 2 nitrogen and oxygen atoms in total. The third kappa shape index (κ3) is 2.74. The van der Waals surface area contributed by atoms with Gasteiger partial charge in [0, 0.05) is 42.8 Å². The van der Waals surface area contributed by atoms with E-state index < -0.39 is 0 Å².